The molecule has 0 spiro atoms. The van der Waals surface area contributed by atoms with Crippen molar-refractivity contribution in [3.8, 4) is 0 Å². The third-order valence-electron chi connectivity index (χ3n) is 4.54. The number of carbonyl (C=O) groups excluding carboxylic acids is 1. The molecule has 1 aromatic carbocycles. The number of nitrogens with zero attached hydrogens (tertiary/aromatic N) is 4. The summed E-state index contributed by atoms with van der Waals surface area (Å²) >= 11 is 0. The summed E-state index contributed by atoms with van der Waals surface area (Å²) in [5, 5.41) is 11.1. The third kappa shape index (κ3) is 4.37. The summed E-state index contributed by atoms with van der Waals surface area (Å²) in [6, 6.07) is 5.44. The molecule has 26 heavy (non-hydrogen) atoms. The van der Waals surface area contributed by atoms with Gasteiger partial charge in [-0.1, -0.05) is 12.1 Å². The largest absolute Gasteiger partial charge is 0.342 e. The van der Waals surface area contributed by atoms with Crippen LogP contribution in [-0.2, 0) is 14.8 Å². The molecule has 1 heterocycles. The van der Waals surface area contributed by atoms with Gasteiger partial charge in [0.05, 0.1) is 11.5 Å². The lowest BCUT2D eigenvalue weighted by molar-refractivity contribution is -0.387. The van der Waals surface area contributed by atoms with E-state index < -0.39 is 20.6 Å². The van der Waals surface area contributed by atoms with Crippen molar-refractivity contribution in [1.29, 1.82) is 0 Å². The lowest BCUT2D eigenvalue weighted by Gasteiger charge is -2.34. The van der Waals surface area contributed by atoms with Crippen LogP contribution in [0.2, 0.25) is 0 Å². The van der Waals surface area contributed by atoms with E-state index in [1.165, 1.54) is 28.6 Å². The van der Waals surface area contributed by atoms with Crippen LogP contribution in [0.1, 0.15) is 13.8 Å². The number of para-hydroxylation sites is 1. The minimum absolute atomic E-state index is 0.0185. The van der Waals surface area contributed by atoms with Crippen LogP contribution in [0, 0.1) is 10.1 Å². The van der Waals surface area contributed by atoms with Gasteiger partial charge in [-0.25, -0.2) is 8.42 Å². The predicted octanol–water partition coefficient (Wildman–Crippen LogP) is 0.768. The van der Waals surface area contributed by atoms with Gasteiger partial charge in [-0.3, -0.25) is 19.8 Å². The second-order valence-corrected chi connectivity index (χ2v) is 8.41. The number of amides is 1. The molecular formula is C16H24N4O5S. The quantitative estimate of drug-likeness (QED) is 0.530. The number of benzene rings is 1. The molecule has 1 aliphatic rings. The van der Waals surface area contributed by atoms with Crippen molar-refractivity contribution in [2.24, 2.45) is 0 Å². The van der Waals surface area contributed by atoms with E-state index in [0.29, 0.717) is 13.1 Å². The summed E-state index contributed by atoms with van der Waals surface area (Å²) < 4.78 is 26.8. The molecule has 1 fully saturated rings. The zero-order chi connectivity index (χ0) is 19.5. The van der Waals surface area contributed by atoms with Gasteiger partial charge in [0.1, 0.15) is 0 Å². The first-order valence-electron chi connectivity index (χ1n) is 8.36. The summed E-state index contributed by atoms with van der Waals surface area (Å²) in [7, 11) is -2.21. The first-order valence-corrected chi connectivity index (χ1v) is 9.80. The van der Waals surface area contributed by atoms with Crippen molar-refractivity contribution in [1.82, 2.24) is 14.1 Å². The molecule has 1 aliphatic heterocycles. The SMILES string of the molecule is CC(C)N(C)C(=O)CN1CCN(S(=O)(=O)c2ccccc2[N+](=O)[O-])CC1. The van der Waals surface area contributed by atoms with E-state index in [9.17, 15) is 23.3 Å². The topological polar surface area (TPSA) is 104 Å². The van der Waals surface area contributed by atoms with Gasteiger partial charge in [0.25, 0.3) is 5.69 Å². The van der Waals surface area contributed by atoms with Gasteiger partial charge in [-0.15, -0.1) is 0 Å². The molecule has 10 heteroatoms. The third-order valence-corrected chi connectivity index (χ3v) is 6.48. The maximum atomic E-state index is 12.8. The summed E-state index contributed by atoms with van der Waals surface area (Å²) in [6.45, 7) is 5.26. The summed E-state index contributed by atoms with van der Waals surface area (Å²) in [5.41, 5.74) is -0.427. The highest BCUT2D eigenvalue weighted by Crippen LogP contribution is 2.26. The Balaban J connectivity index is 2.06. The monoisotopic (exact) mass is 384 g/mol. The van der Waals surface area contributed by atoms with Crippen molar-refractivity contribution in [2.75, 3.05) is 39.8 Å². The van der Waals surface area contributed by atoms with Crippen LogP contribution in [0.3, 0.4) is 0 Å². The van der Waals surface area contributed by atoms with Crippen LogP contribution in [0.15, 0.2) is 29.2 Å². The van der Waals surface area contributed by atoms with Crippen LogP contribution in [0.5, 0.6) is 0 Å². The van der Waals surface area contributed by atoms with Gasteiger partial charge >= 0.3 is 0 Å². The number of hydrogen-bond donors (Lipinski definition) is 0. The first-order chi connectivity index (χ1) is 12.1. The normalized spacial score (nSPS) is 16.6. The van der Waals surface area contributed by atoms with Crippen molar-refractivity contribution in [3.05, 3.63) is 34.4 Å². The predicted molar refractivity (Wildman–Crippen MR) is 96.2 cm³/mol. The molecule has 1 amide bonds. The smallest absolute Gasteiger partial charge is 0.289 e. The van der Waals surface area contributed by atoms with Gasteiger partial charge in [-0.2, -0.15) is 4.31 Å². The van der Waals surface area contributed by atoms with E-state index in [4.69, 9.17) is 0 Å². The number of likely N-dealkylation sites (N-methyl/N-ethyl adjacent to an activating group) is 1. The standard InChI is InChI=1S/C16H24N4O5S/c1-13(2)17(3)16(21)12-18-8-10-19(11-9-18)26(24,25)15-7-5-4-6-14(15)20(22)23/h4-7,13H,8-12H2,1-3H3. The number of hydrogen-bond acceptors (Lipinski definition) is 6. The number of carbonyl (C=O) groups is 1. The zero-order valence-electron chi connectivity index (χ0n) is 15.2. The summed E-state index contributed by atoms with van der Waals surface area (Å²) in [4.78, 5) is 25.8. The highest BCUT2D eigenvalue weighted by molar-refractivity contribution is 7.89. The van der Waals surface area contributed by atoms with Crippen LogP contribution in [0.25, 0.3) is 0 Å². The van der Waals surface area contributed by atoms with Crippen molar-refractivity contribution < 1.29 is 18.1 Å². The average Bonchev–Trinajstić information content (AvgIpc) is 2.61. The van der Waals surface area contributed by atoms with E-state index in [-0.39, 0.29) is 36.5 Å². The van der Waals surface area contributed by atoms with Crippen molar-refractivity contribution in [3.63, 3.8) is 0 Å². The molecule has 0 aromatic heterocycles. The fourth-order valence-electron chi connectivity index (χ4n) is 2.68. The summed E-state index contributed by atoms with van der Waals surface area (Å²) in [6.07, 6.45) is 0. The molecule has 0 unspecified atom stereocenters. The Morgan fingerprint density at radius 3 is 2.35 bits per heavy atom. The van der Waals surface area contributed by atoms with Crippen LogP contribution >= 0.6 is 0 Å². The minimum atomic E-state index is -3.95. The van der Waals surface area contributed by atoms with Crippen molar-refractivity contribution >= 4 is 21.6 Å². The van der Waals surface area contributed by atoms with Gasteiger partial charge < -0.3 is 4.90 Å². The van der Waals surface area contributed by atoms with Gasteiger partial charge in [-0.05, 0) is 19.9 Å². The molecule has 0 aliphatic carbocycles. The van der Waals surface area contributed by atoms with Crippen LogP contribution in [0.4, 0.5) is 5.69 Å². The Hall–Kier alpha value is -2.04. The molecule has 0 bridgehead atoms. The highest BCUT2D eigenvalue weighted by Gasteiger charge is 2.33. The molecule has 0 radical (unpaired) electrons. The van der Waals surface area contributed by atoms with Crippen LogP contribution in [-0.4, -0.2) is 79.2 Å². The molecular weight excluding hydrogens is 360 g/mol. The summed E-state index contributed by atoms with van der Waals surface area (Å²) in [5.74, 6) is -0.0185. The molecule has 0 saturated carbocycles. The molecule has 1 saturated heterocycles. The Morgan fingerprint density at radius 2 is 1.81 bits per heavy atom. The number of sulfonamides is 1. The Kier molecular flexibility index (Phi) is 6.32. The molecule has 144 valence electrons. The lowest BCUT2D eigenvalue weighted by Crippen LogP contribution is -2.51. The molecule has 0 atom stereocenters. The Labute approximate surface area is 153 Å². The fourth-order valence-corrected chi connectivity index (χ4v) is 4.26. The average molecular weight is 384 g/mol. The molecule has 2 rings (SSSR count). The molecule has 0 N–H and O–H groups in total. The second-order valence-electron chi connectivity index (χ2n) is 6.50. The number of piperazine rings is 1. The maximum absolute atomic E-state index is 12.8. The second kappa shape index (κ2) is 8.11. The van der Waals surface area contributed by atoms with Gasteiger partial charge in [0.15, 0.2) is 4.90 Å². The number of rotatable bonds is 6. The Morgan fingerprint density at radius 1 is 1.23 bits per heavy atom. The maximum Gasteiger partial charge on any atom is 0.289 e. The van der Waals surface area contributed by atoms with E-state index in [0.717, 1.165) is 0 Å². The van der Waals surface area contributed by atoms with E-state index >= 15 is 0 Å². The van der Waals surface area contributed by atoms with E-state index in [1.807, 2.05) is 18.7 Å². The van der Waals surface area contributed by atoms with Crippen LogP contribution < -0.4 is 0 Å². The van der Waals surface area contributed by atoms with Crippen molar-refractivity contribution in [2.45, 2.75) is 24.8 Å². The highest BCUT2D eigenvalue weighted by atomic mass is 32.2. The van der Waals surface area contributed by atoms with Gasteiger partial charge in [0.2, 0.25) is 15.9 Å². The number of nitro groups is 1. The van der Waals surface area contributed by atoms with E-state index in [1.54, 1.807) is 11.9 Å². The number of nitro benzene ring substituents is 1. The fraction of sp³-hybridized carbons (Fsp3) is 0.562. The minimum Gasteiger partial charge on any atom is -0.342 e. The zero-order valence-corrected chi connectivity index (χ0v) is 16.0. The van der Waals surface area contributed by atoms with E-state index in [2.05, 4.69) is 0 Å². The molecule has 9 nitrogen and oxygen atoms in total. The first kappa shape index (κ1) is 20.3. The Bertz CT molecular complexity index is 773. The molecule has 1 aromatic rings. The van der Waals surface area contributed by atoms with Gasteiger partial charge in [0, 0.05) is 45.3 Å². The lowest BCUT2D eigenvalue weighted by atomic mass is 10.3.